The van der Waals surface area contributed by atoms with Gasteiger partial charge in [-0.05, 0) is 57.5 Å². The second-order valence-corrected chi connectivity index (χ2v) is 8.50. The maximum atomic E-state index is 6.38. The number of methoxy groups -OCH3 is 2. The molecular weight excluding hydrogens is 344 g/mol. The van der Waals surface area contributed by atoms with E-state index in [0.29, 0.717) is 35.9 Å². The average molecular weight is 377 g/mol. The van der Waals surface area contributed by atoms with E-state index in [9.17, 15) is 0 Å². The first kappa shape index (κ1) is 18.7. The number of hydrogen-bond donors (Lipinski definition) is 0. The zero-order valence-electron chi connectivity index (χ0n) is 16.9. The molecule has 1 saturated heterocycles. The number of hydrogen-bond acceptors (Lipinski definition) is 7. The first-order valence-electron chi connectivity index (χ1n) is 10.1. The van der Waals surface area contributed by atoms with Gasteiger partial charge in [-0.3, -0.25) is 0 Å². The fraction of sp³-hybridized carbons (Fsp3) is 0.800. The van der Waals surface area contributed by atoms with Crippen LogP contribution in [0.4, 0.5) is 5.82 Å². The van der Waals surface area contributed by atoms with Gasteiger partial charge >= 0.3 is 6.01 Å². The maximum Gasteiger partial charge on any atom is 0.321 e. The van der Waals surface area contributed by atoms with Crippen LogP contribution in [0.2, 0.25) is 0 Å². The molecule has 1 aromatic heterocycles. The molecule has 150 valence electrons. The molecule has 4 atom stereocenters. The largest absolute Gasteiger partial charge is 0.481 e. The van der Waals surface area contributed by atoms with E-state index < -0.39 is 0 Å². The Morgan fingerprint density at radius 3 is 2.44 bits per heavy atom. The van der Waals surface area contributed by atoms with E-state index in [0.717, 1.165) is 37.9 Å². The van der Waals surface area contributed by atoms with E-state index in [4.69, 9.17) is 14.2 Å². The molecule has 2 saturated carbocycles. The molecule has 27 heavy (non-hydrogen) atoms. The van der Waals surface area contributed by atoms with Crippen LogP contribution in [0.15, 0.2) is 6.07 Å². The van der Waals surface area contributed by atoms with E-state index in [1.165, 1.54) is 19.3 Å². The Hall–Kier alpha value is -1.60. The van der Waals surface area contributed by atoms with Gasteiger partial charge in [-0.2, -0.15) is 9.97 Å². The third kappa shape index (κ3) is 4.14. The minimum Gasteiger partial charge on any atom is -0.481 e. The first-order chi connectivity index (χ1) is 13.1. The minimum absolute atomic E-state index is 0.344. The molecule has 0 bridgehead atoms. The minimum atomic E-state index is 0.344. The molecule has 0 spiro atoms. The fourth-order valence-electron chi connectivity index (χ4n) is 4.59. The summed E-state index contributed by atoms with van der Waals surface area (Å²) in [7, 11) is 7.58. The molecule has 0 amide bonds. The molecule has 7 heteroatoms. The highest BCUT2D eigenvalue weighted by atomic mass is 16.5. The van der Waals surface area contributed by atoms with Crippen LogP contribution in [0.25, 0.3) is 0 Å². The lowest BCUT2D eigenvalue weighted by Crippen LogP contribution is -2.48. The molecule has 3 fully saturated rings. The van der Waals surface area contributed by atoms with Crippen LogP contribution in [0, 0.1) is 17.8 Å². The Bertz CT molecular complexity index is 630. The summed E-state index contributed by atoms with van der Waals surface area (Å²) < 4.78 is 16.9. The Morgan fingerprint density at radius 2 is 1.81 bits per heavy atom. The van der Waals surface area contributed by atoms with Crippen LogP contribution in [-0.2, 0) is 4.74 Å². The number of ether oxygens (including phenoxy) is 3. The topological polar surface area (TPSA) is 60.0 Å². The van der Waals surface area contributed by atoms with E-state index >= 15 is 0 Å². The standard InChI is InChI=1S/C20H32N4O3/c1-23(2)16-7-14-10-24(18-9-19(25-3)22-20(21-18)26-4)11-15(14)8-17(16)27-12-13-5-6-13/h9,13-17H,5-8,10-12H2,1-4H3/t14-,15+,16-,17-/m1/s1. The van der Waals surface area contributed by atoms with Crippen LogP contribution in [-0.4, -0.2) is 75.0 Å². The SMILES string of the molecule is COc1cc(N2C[C@H]3C[C@@H](N(C)C)[C@H](OCC4CC4)C[C@H]3C2)nc(OC)n1. The van der Waals surface area contributed by atoms with E-state index in [-0.39, 0.29) is 0 Å². The monoisotopic (exact) mass is 376 g/mol. The van der Waals surface area contributed by atoms with Crippen molar-refractivity contribution < 1.29 is 14.2 Å². The van der Waals surface area contributed by atoms with Crippen molar-refractivity contribution >= 4 is 5.82 Å². The first-order valence-corrected chi connectivity index (χ1v) is 10.1. The zero-order valence-corrected chi connectivity index (χ0v) is 16.9. The van der Waals surface area contributed by atoms with Crippen molar-refractivity contribution in [2.75, 3.05) is 52.9 Å². The van der Waals surface area contributed by atoms with Crippen LogP contribution < -0.4 is 14.4 Å². The van der Waals surface area contributed by atoms with Gasteiger partial charge in [-0.1, -0.05) is 0 Å². The van der Waals surface area contributed by atoms with Gasteiger partial charge in [0.2, 0.25) is 5.88 Å². The van der Waals surface area contributed by atoms with Crippen molar-refractivity contribution in [1.29, 1.82) is 0 Å². The summed E-state index contributed by atoms with van der Waals surface area (Å²) >= 11 is 0. The summed E-state index contributed by atoms with van der Waals surface area (Å²) in [6.07, 6.45) is 5.35. The number of fused-ring (bicyclic) bond motifs is 1. The molecule has 2 heterocycles. The molecule has 0 radical (unpaired) electrons. The van der Waals surface area contributed by atoms with Crippen molar-refractivity contribution in [1.82, 2.24) is 14.9 Å². The fourth-order valence-corrected chi connectivity index (χ4v) is 4.59. The average Bonchev–Trinajstić information content (AvgIpc) is 3.42. The van der Waals surface area contributed by atoms with Crippen molar-refractivity contribution in [3.63, 3.8) is 0 Å². The van der Waals surface area contributed by atoms with Gasteiger partial charge in [0, 0.05) is 31.8 Å². The number of likely N-dealkylation sites (N-methyl/N-ethyl adjacent to an activating group) is 1. The summed E-state index contributed by atoms with van der Waals surface area (Å²) in [5.41, 5.74) is 0. The highest BCUT2D eigenvalue weighted by Crippen LogP contribution is 2.41. The molecule has 1 aromatic rings. The van der Waals surface area contributed by atoms with E-state index in [1.54, 1.807) is 14.2 Å². The zero-order chi connectivity index (χ0) is 19.0. The van der Waals surface area contributed by atoms with Gasteiger partial charge in [0.25, 0.3) is 0 Å². The van der Waals surface area contributed by atoms with E-state index in [1.807, 2.05) is 6.07 Å². The van der Waals surface area contributed by atoms with Crippen molar-refractivity contribution in [3.8, 4) is 11.9 Å². The molecule has 2 aliphatic carbocycles. The Labute approximate surface area is 162 Å². The second kappa shape index (κ2) is 7.80. The maximum absolute atomic E-state index is 6.38. The number of anilines is 1. The molecular formula is C20H32N4O3. The summed E-state index contributed by atoms with van der Waals surface area (Å²) in [6, 6.07) is 2.76. The third-order valence-electron chi connectivity index (χ3n) is 6.38. The smallest absolute Gasteiger partial charge is 0.321 e. The van der Waals surface area contributed by atoms with Crippen LogP contribution in [0.3, 0.4) is 0 Å². The number of nitrogens with zero attached hydrogens (tertiary/aromatic N) is 4. The van der Waals surface area contributed by atoms with E-state index in [2.05, 4.69) is 33.9 Å². The predicted octanol–water partition coefficient (Wildman–Crippen LogP) is 2.07. The molecule has 7 nitrogen and oxygen atoms in total. The second-order valence-electron chi connectivity index (χ2n) is 8.50. The molecule has 3 aliphatic rings. The van der Waals surface area contributed by atoms with Crippen molar-refractivity contribution in [2.45, 2.75) is 37.8 Å². The molecule has 0 unspecified atom stereocenters. The Balaban J connectivity index is 1.47. The van der Waals surface area contributed by atoms with Crippen molar-refractivity contribution in [2.24, 2.45) is 17.8 Å². The summed E-state index contributed by atoms with van der Waals surface area (Å²) in [4.78, 5) is 13.5. The highest BCUT2D eigenvalue weighted by molar-refractivity contribution is 5.44. The van der Waals surface area contributed by atoms with Gasteiger partial charge in [0.15, 0.2) is 0 Å². The summed E-state index contributed by atoms with van der Waals surface area (Å²) in [6.45, 7) is 2.97. The number of aromatic nitrogens is 2. The van der Waals surface area contributed by atoms with Crippen LogP contribution in [0.5, 0.6) is 11.9 Å². The summed E-state index contributed by atoms with van der Waals surface area (Å²) in [5, 5.41) is 0. The van der Waals surface area contributed by atoms with Crippen LogP contribution in [0.1, 0.15) is 25.7 Å². The van der Waals surface area contributed by atoms with Gasteiger partial charge in [-0.15, -0.1) is 0 Å². The Morgan fingerprint density at radius 1 is 1.07 bits per heavy atom. The third-order valence-corrected chi connectivity index (χ3v) is 6.38. The Kier molecular flexibility index (Phi) is 5.41. The van der Waals surface area contributed by atoms with Gasteiger partial charge < -0.3 is 24.0 Å². The lowest BCUT2D eigenvalue weighted by molar-refractivity contribution is -0.0493. The molecule has 0 N–H and O–H groups in total. The van der Waals surface area contributed by atoms with Gasteiger partial charge in [0.1, 0.15) is 5.82 Å². The summed E-state index contributed by atoms with van der Waals surface area (Å²) in [5.74, 6) is 3.57. The number of rotatable bonds is 7. The molecule has 1 aliphatic heterocycles. The molecule has 0 aromatic carbocycles. The highest BCUT2D eigenvalue weighted by Gasteiger charge is 2.44. The van der Waals surface area contributed by atoms with Gasteiger partial charge in [0.05, 0.1) is 20.3 Å². The molecule has 4 rings (SSSR count). The van der Waals surface area contributed by atoms with Crippen molar-refractivity contribution in [3.05, 3.63) is 6.07 Å². The quantitative estimate of drug-likeness (QED) is 0.722. The normalized spacial score (nSPS) is 30.5. The lowest BCUT2D eigenvalue weighted by Gasteiger charge is -2.41. The van der Waals surface area contributed by atoms with Crippen LogP contribution >= 0.6 is 0 Å². The van der Waals surface area contributed by atoms with Gasteiger partial charge in [-0.25, -0.2) is 0 Å². The lowest BCUT2D eigenvalue weighted by atomic mass is 9.77. The predicted molar refractivity (Wildman–Crippen MR) is 104 cm³/mol.